The molecular formula is C16H16N2O2. The summed E-state index contributed by atoms with van der Waals surface area (Å²) in [5, 5.41) is 3.48. The number of ether oxygens (including phenoxy) is 1. The molecule has 20 heavy (non-hydrogen) atoms. The number of benzene rings is 1. The molecule has 2 heterocycles. The summed E-state index contributed by atoms with van der Waals surface area (Å²) in [7, 11) is 1.40. The van der Waals surface area contributed by atoms with E-state index in [-0.39, 0.29) is 12.0 Å². The molecule has 0 aliphatic carbocycles. The van der Waals surface area contributed by atoms with E-state index in [2.05, 4.69) is 10.3 Å². The molecule has 2 aromatic rings. The average molecular weight is 268 g/mol. The molecule has 1 aromatic carbocycles. The molecule has 4 heteroatoms. The number of methoxy groups -OCH3 is 1. The highest BCUT2D eigenvalue weighted by molar-refractivity contribution is 5.89. The van der Waals surface area contributed by atoms with Crippen LogP contribution in [0.3, 0.4) is 0 Å². The number of nitrogens with one attached hydrogen (secondary N) is 1. The Balaban J connectivity index is 2.04. The van der Waals surface area contributed by atoms with Crippen LogP contribution in [0.2, 0.25) is 0 Å². The summed E-state index contributed by atoms with van der Waals surface area (Å²) in [6.07, 6.45) is 4.59. The predicted octanol–water partition coefficient (Wildman–Crippen LogP) is 2.10. The molecule has 0 amide bonds. The maximum absolute atomic E-state index is 11.7. The summed E-state index contributed by atoms with van der Waals surface area (Å²) in [6.45, 7) is 0.921. The second-order valence-corrected chi connectivity index (χ2v) is 4.83. The lowest BCUT2D eigenvalue weighted by Gasteiger charge is -2.27. The number of carbonyl (C=O) groups is 1. The monoisotopic (exact) mass is 268 g/mol. The van der Waals surface area contributed by atoms with Crippen LogP contribution in [0.5, 0.6) is 0 Å². The topological polar surface area (TPSA) is 51.2 Å². The predicted molar refractivity (Wildman–Crippen MR) is 75.6 cm³/mol. The van der Waals surface area contributed by atoms with Gasteiger partial charge in [0.25, 0.3) is 0 Å². The van der Waals surface area contributed by atoms with Crippen LogP contribution in [0.15, 0.2) is 42.7 Å². The van der Waals surface area contributed by atoms with Crippen LogP contribution in [0.25, 0.3) is 0 Å². The maximum Gasteiger partial charge on any atom is 0.337 e. The van der Waals surface area contributed by atoms with Crippen LogP contribution in [0.4, 0.5) is 0 Å². The Morgan fingerprint density at radius 2 is 2.30 bits per heavy atom. The number of hydrogen-bond acceptors (Lipinski definition) is 4. The van der Waals surface area contributed by atoms with Gasteiger partial charge in [0.05, 0.1) is 18.7 Å². The van der Waals surface area contributed by atoms with E-state index >= 15 is 0 Å². The van der Waals surface area contributed by atoms with E-state index in [0.717, 1.165) is 24.1 Å². The molecule has 102 valence electrons. The van der Waals surface area contributed by atoms with Crippen molar-refractivity contribution in [2.75, 3.05) is 13.7 Å². The van der Waals surface area contributed by atoms with Crippen molar-refractivity contribution in [3.05, 3.63) is 65.0 Å². The van der Waals surface area contributed by atoms with Gasteiger partial charge < -0.3 is 10.1 Å². The second kappa shape index (κ2) is 5.43. The fraction of sp³-hybridized carbons (Fsp3) is 0.250. The SMILES string of the molecule is COC(=O)c1ccc2c(c1)C(c1cccnc1)NCC2. The molecule has 4 nitrogen and oxygen atoms in total. The molecule has 3 rings (SSSR count). The zero-order chi connectivity index (χ0) is 13.9. The van der Waals surface area contributed by atoms with Crippen LogP contribution < -0.4 is 5.32 Å². The fourth-order valence-corrected chi connectivity index (χ4v) is 2.64. The Morgan fingerprint density at radius 3 is 3.05 bits per heavy atom. The number of aromatic nitrogens is 1. The molecule has 0 fully saturated rings. The van der Waals surface area contributed by atoms with Gasteiger partial charge in [-0.3, -0.25) is 4.98 Å². The molecule has 0 saturated carbocycles. The third kappa shape index (κ3) is 2.30. The zero-order valence-corrected chi connectivity index (χ0v) is 11.3. The second-order valence-electron chi connectivity index (χ2n) is 4.83. The third-order valence-corrected chi connectivity index (χ3v) is 3.64. The highest BCUT2D eigenvalue weighted by Gasteiger charge is 2.22. The van der Waals surface area contributed by atoms with Crippen molar-refractivity contribution < 1.29 is 9.53 Å². The Labute approximate surface area is 117 Å². The van der Waals surface area contributed by atoms with Gasteiger partial charge in [0.15, 0.2) is 0 Å². The molecule has 0 spiro atoms. The molecule has 0 radical (unpaired) electrons. The van der Waals surface area contributed by atoms with Crippen molar-refractivity contribution in [3.8, 4) is 0 Å². The van der Waals surface area contributed by atoms with Gasteiger partial charge in [-0.05, 0) is 41.3 Å². The first-order chi connectivity index (χ1) is 9.79. The van der Waals surface area contributed by atoms with Crippen molar-refractivity contribution in [1.29, 1.82) is 0 Å². The van der Waals surface area contributed by atoms with Crippen molar-refractivity contribution in [3.63, 3.8) is 0 Å². The van der Waals surface area contributed by atoms with Crippen molar-refractivity contribution in [2.45, 2.75) is 12.5 Å². The minimum Gasteiger partial charge on any atom is -0.465 e. The summed E-state index contributed by atoms with van der Waals surface area (Å²) in [6, 6.07) is 9.82. The number of fused-ring (bicyclic) bond motifs is 1. The first-order valence-corrected chi connectivity index (χ1v) is 6.64. The summed E-state index contributed by atoms with van der Waals surface area (Å²) < 4.78 is 4.80. The first kappa shape index (κ1) is 12.8. The molecular weight excluding hydrogens is 252 g/mol. The smallest absolute Gasteiger partial charge is 0.337 e. The number of hydrogen-bond donors (Lipinski definition) is 1. The van der Waals surface area contributed by atoms with Crippen molar-refractivity contribution in [2.24, 2.45) is 0 Å². The summed E-state index contributed by atoms with van der Waals surface area (Å²) in [5.41, 5.74) is 4.09. The highest BCUT2D eigenvalue weighted by atomic mass is 16.5. The Bertz CT molecular complexity index is 626. The molecule has 1 unspecified atom stereocenters. The van der Waals surface area contributed by atoms with E-state index in [0.29, 0.717) is 5.56 Å². The van der Waals surface area contributed by atoms with Gasteiger partial charge in [0, 0.05) is 18.9 Å². The lowest BCUT2D eigenvalue weighted by Crippen LogP contribution is -2.30. The molecule has 1 N–H and O–H groups in total. The van der Waals surface area contributed by atoms with E-state index in [4.69, 9.17) is 4.74 Å². The minimum absolute atomic E-state index is 0.0806. The largest absolute Gasteiger partial charge is 0.465 e. The van der Waals surface area contributed by atoms with Crippen molar-refractivity contribution in [1.82, 2.24) is 10.3 Å². The first-order valence-electron chi connectivity index (χ1n) is 6.64. The minimum atomic E-state index is -0.302. The summed E-state index contributed by atoms with van der Waals surface area (Å²) in [5.74, 6) is -0.302. The molecule has 1 atom stereocenters. The fourth-order valence-electron chi connectivity index (χ4n) is 2.64. The van der Waals surface area contributed by atoms with E-state index < -0.39 is 0 Å². The van der Waals surface area contributed by atoms with Gasteiger partial charge in [-0.2, -0.15) is 0 Å². The summed E-state index contributed by atoms with van der Waals surface area (Å²) >= 11 is 0. The van der Waals surface area contributed by atoms with Crippen LogP contribution in [0, 0.1) is 0 Å². The van der Waals surface area contributed by atoms with Gasteiger partial charge in [0.1, 0.15) is 0 Å². The standard InChI is InChI=1S/C16H16N2O2/c1-20-16(19)12-5-4-11-6-8-18-15(14(11)9-12)13-3-2-7-17-10-13/h2-5,7,9-10,15,18H,6,8H2,1H3. The Kier molecular flexibility index (Phi) is 3.48. The lowest BCUT2D eigenvalue weighted by atomic mass is 9.89. The van der Waals surface area contributed by atoms with E-state index in [9.17, 15) is 4.79 Å². The zero-order valence-electron chi connectivity index (χ0n) is 11.3. The van der Waals surface area contributed by atoms with Gasteiger partial charge in [0.2, 0.25) is 0 Å². The van der Waals surface area contributed by atoms with E-state index in [1.165, 1.54) is 12.7 Å². The van der Waals surface area contributed by atoms with Gasteiger partial charge in [-0.15, -0.1) is 0 Å². The molecule has 0 saturated heterocycles. The highest BCUT2D eigenvalue weighted by Crippen LogP contribution is 2.29. The normalized spacial score (nSPS) is 17.4. The third-order valence-electron chi connectivity index (χ3n) is 3.64. The molecule has 1 aromatic heterocycles. The number of pyridine rings is 1. The van der Waals surface area contributed by atoms with Gasteiger partial charge >= 0.3 is 5.97 Å². The van der Waals surface area contributed by atoms with Crippen LogP contribution in [-0.2, 0) is 11.2 Å². The van der Waals surface area contributed by atoms with Crippen LogP contribution >= 0.6 is 0 Å². The Hall–Kier alpha value is -2.20. The van der Waals surface area contributed by atoms with E-state index in [1.807, 2.05) is 36.5 Å². The summed E-state index contributed by atoms with van der Waals surface area (Å²) in [4.78, 5) is 15.9. The average Bonchev–Trinajstić information content (AvgIpc) is 2.54. The number of nitrogens with zero attached hydrogens (tertiary/aromatic N) is 1. The van der Waals surface area contributed by atoms with Gasteiger partial charge in [-0.1, -0.05) is 12.1 Å². The Morgan fingerprint density at radius 1 is 1.40 bits per heavy atom. The number of carbonyl (C=O) groups excluding carboxylic acids is 1. The van der Waals surface area contributed by atoms with Crippen molar-refractivity contribution >= 4 is 5.97 Å². The number of rotatable bonds is 2. The van der Waals surface area contributed by atoms with Crippen LogP contribution in [0.1, 0.15) is 33.1 Å². The molecule has 0 bridgehead atoms. The van der Waals surface area contributed by atoms with E-state index in [1.54, 1.807) is 6.20 Å². The quantitative estimate of drug-likeness (QED) is 0.847. The van der Waals surface area contributed by atoms with Gasteiger partial charge in [-0.25, -0.2) is 4.79 Å². The van der Waals surface area contributed by atoms with Crippen LogP contribution in [-0.4, -0.2) is 24.6 Å². The number of esters is 1. The molecule has 1 aliphatic heterocycles. The lowest BCUT2D eigenvalue weighted by molar-refractivity contribution is 0.0600. The molecule has 1 aliphatic rings. The maximum atomic E-state index is 11.7.